The van der Waals surface area contributed by atoms with E-state index in [-0.39, 0.29) is 12.6 Å². The van der Waals surface area contributed by atoms with Gasteiger partial charge in [-0.2, -0.15) is 13.2 Å². The van der Waals surface area contributed by atoms with Crippen LogP contribution in [-0.2, 0) is 0 Å². The molecule has 5 heteroatoms. The predicted molar refractivity (Wildman–Crippen MR) is 43.5 cm³/mol. The Labute approximate surface area is 75.3 Å². The van der Waals surface area contributed by atoms with E-state index in [1.54, 1.807) is 0 Å². The number of hydrogen-bond acceptors (Lipinski definition) is 1. The minimum absolute atomic E-state index is 0.0262. The minimum atomic E-state index is -4.06. The molecule has 1 unspecified atom stereocenters. The van der Waals surface area contributed by atoms with Crippen molar-refractivity contribution in [3.05, 3.63) is 0 Å². The van der Waals surface area contributed by atoms with Crippen LogP contribution in [0.15, 0.2) is 0 Å². The van der Waals surface area contributed by atoms with Gasteiger partial charge in [-0.05, 0) is 13.3 Å². The summed E-state index contributed by atoms with van der Waals surface area (Å²) in [4.78, 5) is 0. The van der Waals surface area contributed by atoms with Crippen LogP contribution in [0.3, 0.4) is 0 Å². The van der Waals surface area contributed by atoms with E-state index in [1.807, 2.05) is 6.92 Å². The number of hydrogen-bond donors (Lipinski definition) is 1. The van der Waals surface area contributed by atoms with Crippen LogP contribution in [0.1, 0.15) is 19.8 Å². The summed E-state index contributed by atoms with van der Waals surface area (Å²) in [5, 5.41) is 2.74. The van der Waals surface area contributed by atoms with E-state index in [0.717, 1.165) is 0 Å². The van der Waals surface area contributed by atoms with Crippen molar-refractivity contribution in [3.8, 4) is 0 Å². The van der Waals surface area contributed by atoms with Gasteiger partial charge in [-0.1, -0.05) is 0 Å². The smallest absolute Gasteiger partial charge is 0.314 e. The third kappa shape index (κ3) is 8.14. The zero-order chi connectivity index (χ0) is 9.61. The van der Waals surface area contributed by atoms with Gasteiger partial charge < -0.3 is 5.32 Å². The van der Waals surface area contributed by atoms with Gasteiger partial charge in [0.1, 0.15) is 0 Å². The molecule has 0 aliphatic carbocycles. The lowest BCUT2D eigenvalue weighted by Gasteiger charge is -2.12. The van der Waals surface area contributed by atoms with Crippen molar-refractivity contribution >= 4 is 11.6 Å². The first kappa shape index (κ1) is 12.0. The number of rotatable bonds is 5. The summed E-state index contributed by atoms with van der Waals surface area (Å²) in [5.74, 6) is 0.472. The van der Waals surface area contributed by atoms with Crippen LogP contribution in [0.2, 0.25) is 0 Å². The molecule has 0 radical (unpaired) electrons. The molecule has 0 amide bonds. The van der Waals surface area contributed by atoms with Gasteiger partial charge in [-0.15, -0.1) is 11.6 Å². The molecule has 0 spiro atoms. The lowest BCUT2D eigenvalue weighted by molar-refractivity contribution is -0.133. The summed E-state index contributed by atoms with van der Waals surface area (Å²) in [6.45, 7) is 1.79. The fourth-order valence-electron chi connectivity index (χ4n) is 0.726. The Kier molecular flexibility index (Phi) is 5.66. The maximum atomic E-state index is 11.6. The third-order valence-electron chi connectivity index (χ3n) is 1.44. The molecule has 0 bridgehead atoms. The van der Waals surface area contributed by atoms with Crippen LogP contribution < -0.4 is 5.32 Å². The molecule has 0 aliphatic heterocycles. The molecule has 0 aliphatic rings. The molecule has 0 saturated heterocycles. The van der Waals surface area contributed by atoms with Gasteiger partial charge in [0.2, 0.25) is 0 Å². The fraction of sp³-hybridized carbons (Fsp3) is 1.00. The topological polar surface area (TPSA) is 12.0 Å². The highest BCUT2D eigenvalue weighted by molar-refractivity contribution is 6.17. The summed E-state index contributed by atoms with van der Waals surface area (Å²) in [6, 6.07) is 0.0600. The molecule has 74 valence electrons. The second kappa shape index (κ2) is 5.65. The lowest BCUT2D eigenvalue weighted by atomic mass is 10.2. The first-order valence-corrected chi connectivity index (χ1v) is 4.35. The van der Waals surface area contributed by atoms with Crippen LogP contribution in [-0.4, -0.2) is 24.6 Å². The van der Waals surface area contributed by atoms with Crippen LogP contribution in [0.5, 0.6) is 0 Å². The second-order valence-corrected chi connectivity index (χ2v) is 3.08. The standard InChI is InChI=1S/C7H13ClF3N/c1-6(2-4-8)12-5-3-7(9,10)11/h6,12H,2-5H2,1H3. The SMILES string of the molecule is CC(CCCl)NCCC(F)(F)F. The van der Waals surface area contributed by atoms with E-state index in [4.69, 9.17) is 11.6 Å². The van der Waals surface area contributed by atoms with Gasteiger partial charge >= 0.3 is 6.18 Å². The molecule has 0 fully saturated rings. The van der Waals surface area contributed by atoms with E-state index in [0.29, 0.717) is 12.3 Å². The first-order valence-electron chi connectivity index (χ1n) is 3.82. The molecule has 1 N–H and O–H groups in total. The third-order valence-corrected chi connectivity index (χ3v) is 1.66. The fourth-order valence-corrected chi connectivity index (χ4v) is 1.05. The van der Waals surface area contributed by atoms with Gasteiger partial charge in [0.25, 0.3) is 0 Å². The van der Waals surface area contributed by atoms with Crippen molar-refractivity contribution in [1.29, 1.82) is 0 Å². The molecule has 1 nitrogen and oxygen atoms in total. The zero-order valence-corrected chi connectivity index (χ0v) is 7.67. The van der Waals surface area contributed by atoms with E-state index in [2.05, 4.69) is 5.32 Å². The highest BCUT2D eigenvalue weighted by atomic mass is 35.5. The second-order valence-electron chi connectivity index (χ2n) is 2.70. The number of alkyl halides is 4. The molecule has 0 aromatic heterocycles. The molecule has 0 rings (SSSR count). The molecule has 0 aromatic rings. The van der Waals surface area contributed by atoms with Gasteiger partial charge in [0.05, 0.1) is 6.42 Å². The summed E-state index contributed by atoms with van der Waals surface area (Å²) in [5.41, 5.74) is 0. The first-order chi connectivity index (χ1) is 5.45. The Hall–Kier alpha value is 0.0400. The average Bonchev–Trinajstić information content (AvgIpc) is 1.84. The van der Waals surface area contributed by atoms with Crippen LogP contribution in [0, 0.1) is 0 Å². The summed E-state index contributed by atoms with van der Waals surface area (Å²) in [6.07, 6.45) is -4.15. The quantitative estimate of drug-likeness (QED) is 0.678. The van der Waals surface area contributed by atoms with E-state index in [9.17, 15) is 13.2 Å². The molecule has 0 heterocycles. The molecular weight excluding hydrogens is 191 g/mol. The summed E-state index contributed by atoms with van der Waals surface area (Å²) < 4.78 is 34.9. The van der Waals surface area contributed by atoms with Gasteiger partial charge in [0, 0.05) is 18.5 Å². The Morgan fingerprint density at radius 3 is 2.42 bits per heavy atom. The van der Waals surface area contributed by atoms with Crippen LogP contribution in [0.25, 0.3) is 0 Å². The van der Waals surface area contributed by atoms with Crippen molar-refractivity contribution in [3.63, 3.8) is 0 Å². The van der Waals surface area contributed by atoms with Crippen molar-refractivity contribution < 1.29 is 13.2 Å². The Morgan fingerprint density at radius 2 is 2.00 bits per heavy atom. The maximum absolute atomic E-state index is 11.6. The molecule has 1 atom stereocenters. The highest BCUT2D eigenvalue weighted by Crippen LogP contribution is 2.18. The summed E-state index contributed by atoms with van der Waals surface area (Å²) >= 11 is 5.40. The maximum Gasteiger partial charge on any atom is 0.390 e. The van der Waals surface area contributed by atoms with Crippen molar-refractivity contribution in [2.24, 2.45) is 0 Å². The molecule has 12 heavy (non-hydrogen) atoms. The number of halogens is 4. The predicted octanol–water partition coefficient (Wildman–Crippen LogP) is 2.55. The largest absolute Gasteiger partial charge is 0.390 e. The lowest BCUT2D eigenvalue weighted by Crippen LogP contribution is -2.30. The normalized spacial score (nSPS) is 14.8. The average molecular weight is 204 g/mol. The van der Waals surface area contributed by atoms with Crippen LogP contribution >= 0.6 is 11.6 Å². The zero-order valence-electron chi connectivity index (χ0n) is 6.92. The van der Waals surface area contributed by atoms with E-state index < -0.39 is 12.6 Å². The van der Waals surface area contributed by atoms with Gasteiger partial charge in [-0.25, -0.2) is 0 Å². The van der Waals surface area contributed by atoms with E-state index >= 15 is 0 Å². The Bertz CT molecular complexity index is 116. The Balaban J connectivity index is 3.31. The Morgan fingerprint density at radius 1 is 1.42 bits per heavy atom. The molecule has 0 aromatic carbocycles. The summed E-state index contributed by atoms with van der Waals surface area (Å²) in [7, 11) is 0. The van der Waals surface area contributed by atoms with Crippen molar-refractivity contribution in [2.75, 3.05) is 12.4 Å². The van der Waals surface area contributed by atoms with Gasteiger partial charge in [0.15, 0.2) is 0 Å². The van der Waals surface area contributed by atoms with E-state index in [1.165, 1.54) is 0 Å². The van der Waals surface area contributed by atoms with Gasteiger partial charge in [-0.3, -0.25) is 0 Å². The minimum Gasteiger partial charge on any atom is -0.314 e. The van der Waals surface area contributed by atoms with Crippen molar-refractivity contribution in [2.45, 2.75) is 32.0 Å². The monoisotopic (exact) mass is 203 g/mol. The number of nitrogens with one attached hydrogen (secondary N) is 1. The van der Waals surface area contributed by atoms with Crippen molar-refractivity contribution in [1.82, 2.24) is 5.32 Å². The molecule has 0 saturated carbocycles. The highest BCUT2D eigenvalue weighted by Gasteiger charge is 2.26. The molecular formula is C7H13ClF3N. The van der Waals surface area contributed by atoms with Crippen LogP contribution in [0.4, 0.5) is 13.2 Å².